The molecule has 0 spiro atoms. The Kier molecular flexibility index (Phi) is 3.86. The second-order valence-electron chi connectivity index (χ2n) is 4.47. The van der Waals surface area contributed by atoms with Crippen molar-refractivity contribution >= 4 is 26.7 Å². The lowest BCUT2D eigenvalue weighted by atomic mass is 10.1. The first kappa shape index (κ1) is 14.0. The highest BCUT2D eigenvalue weighted by Crippen LogP contribution is 2.33. The van der Waals surface area contributed by atoms with Gasteiger partial charge in [0.05, 0.1) is 16.8 Å². The predicted octanol–water partition coefficient (Wildman–Crippen LogP) is 4.42. The molecule has 3 aromatic rings. The fourth-order valence-corrected chi connectivity index (χ4v) is 2.37. The van der Waals surface area contributed by atoms with Crippen LogP contribution in [-0.2, 0) is 6.61 Å². The normalized spacial score (nSPS) is 10.8. The van der Waals surface area contributed by atoms with Crippen LogP contribution in [0.5, 0.6) is 11.6 Å². The van der Waals surface area contributed by atoms with E-state index in [9.17, 15) is 9.50 Å². The number of aliphatic hydroxyl groups is 1. The predicted molar refractivity (Wildman–Crippen MR) is 81.8 cm³/mol. The van der Waals surface area contributed by atoms with Gasteiger partial charge in [-0.2, -0.15) is 0 Å². The molecule has 1 aromatic heterocycles. The van der Waals surface area contributed by atoms with Crippen LogP contribution in [0.1, 0.15) is 5.69 Å². The lowest BCUT2D eigenvalue weighted by Gasteiger charge is -2.11. The smallest absolute Gasteiger partial charge is 0.227 e. The molecule has 0 amide bonds. The number of aliphatic hydroxyl groups excluding tert-OH is 1. The number of halogens is 2. The van der Waals surface area contributed by atoms with E-state index in [1.807, 2.05) is 24.3 Å². The minimum Gasteiger partial charge on any atom is -0.437 e. The van der Waals surface area contributed by atoms with Gasteiger partial charge in [0.1, 0.15) is 11.6 Å². The first-order valence-electron chi connectivity index (χ1n) is 6.30. The van der Waals surface area contributed by atoms with Gasteiger partial charge in [-0.25, -0.2) is 9.37 Å². The molecule has 21 heavy (non-hydrogen) atoms. The standard InChI is InChI=1S/C16H11BrFNO2/c17-14-6-5-11(18)8-15(14)21-16-13-4-2-1-3-10(13)7-12(9-20)19-16/h1-8,20H,9H2. The van der Waals surface area contributed by atoms with Gasteiger partial charge in [0, 0.05) is 11.5 Å². The third kappa shape index (κ3) is 2.89. The number of fused-ring (bicyclic) bond motifs is 1. The van der Waals surface area contributed by atoms with Crippen LogP contribution in [0.25, 0.3) is 10.8 Å². The van der Waals surface area contributed by atoms with Crippen LogP contribution in [0, 0.1) is 5.82 Å². The van der Waals surface area contributed by atoms with Crippen molar-refractivity contribution in [2.75, 3.05) is 0 Å². The quantitative estimate of drug-likeness (QED) is 0.762. The second-order valence-corrected chi connectivity index (χ2v) is 5.33. The Morgan fingerprint density at radius 1 is 1.14 bits per heavy atom. The molecule has 1 N–H and O–H groups in total. The van der Waals surface area contributed by atoms with E-state index in [0.717, 1.165) is 10.8 Å². The molecule has 3 rings (SSSR count). The molecule has 5 heteroatoms. The molecule has 1 heterocycles. The summed E-state index contributed by atoms with van der Waals surface area (Å²) in [5.41, 5.74) is 0.497. The van der Waals surface area contributed by atoms with Gasteiger partial charge < -0.3 is 9.84 Å². The molecule has 0 saturated heterocycles. The van der Waals surface area contributed by atoms with Crippen molar-refractivity contribution in [3.05, 3.63) is 64.5 Å². The molecule has 0 unspecified atom stereocenters. The van der Waals surface area contributed by atoms with Gasteiger partial charge in [0.15, 0.2) is 0 Å². The van der Waals surface area contributed by atoms with Crippen molar-refractivity contribution in [3.63, 3.8) is 0 Å². The minimum atomic E-state index is -0.393. The molecular weight excluding hydrogens is 337 g/mol. The fourth-order valence-electron chi connectivity index (χ4n) is 2.04. The highest BCUT2D eigenvalue weighted by molar-refractivity contribution is 9.10. The first-order chi connectivity index (χ1) is 10.2. The monoisotopic (exact) mass is 347 g/mol. The number of rotatable bonds is 3. The van der Waals surface area contributed by atoms with Crippen LogP contribution in [0.2, 0.25) is 0 Å². The molecule has 3 nitrogen and oxygen atoms in total. The third-order valence-corrected chi connectivity index (χ3v) is 3.68. The van der Waals surface area contributed by atoms with E-state index in [1.54, 1.807) is 12.1 Å². The van der Waals surface area contributed by atoms with E-state index in [1.165, 1.54) is 12.1 Å². The van der Waals surface area contributed by atoms with E-state index in [4.69, 9.17) is 4.74 Å². The van der Waals surface area contributed by atoms with Gasteiger partial charge in [0.25, 0.3) is 0 Å². The molecule has 0 radical (unpaired) electrons. The van der Waals surface area contributed by atoms with Crippen LogP contribution < -0.4 is 4.74 Å². The lowest BCUT2D eigenvalue weighted by Crippen LogP contribution is -1.96. The summed E-state index contributed by atoms with van der Waals surface area (Å²) in [4.78, 5) is 4.27. The van der Waals surface area contributed by atoms with Crippen molar-refractivity contribution in [2.24, 2.45) is 0 Å². The van der Waals surface area contributed by atoms with Gasteiger partial charge in [-0.1, -0.05) is 18.2 Å². The van der Waals surface area contributed by atoms with E-state index < -0.39 is 5.82 Å². The van der Waals surface area contributed by atoms with Crippen LogP contribution in [-0.4, -0.2) is 10.1 Å². The number of hydrogen-bond donors (Lipinski definition) is 1. The summed E-state index contributed by atoms with van der Waals surface area (Å²) in [6.07, 6.45) is 0. The summed E-state index contributed by atoms with van der Waals surface area (Å²) in [5, 5.41) is 11.0. The van der Waals surface area contributed by atoms with E-state index >= 15 is 0 Å². The molecule has 0 aliphatic rings. The van der Waals surface area contributed by atoms with Gasteiger partial charge in [-0.05, 0) is 45.6 Å². The van der Waals surface area contributed by atoms with Crippen molar-refractivity contribution in [1.29, 1.82) is 0 Å². The Hall–Kier alpha value is -1.98. The van der Waals surface area contributed by atoms with Gasteiger partial charge in [0.2, 0.25) is 5.88 Å². The molecule has 106 valence electrons. The molecule has 0 saturated carbocycles. The number of hydrogen-bond acceptors (Lipinski definition) is 3. The third-order valence-electron chi connectivity index (χ3n) is 3.02. The molecule has 0 aliphatic heterocycles. The van der Waals surface area contributed by atoms with Crippen LogP contribution >= 0.6 is 15.9 Å². The number of pyridine rings is 1. The Morgan fingerprint density at radius 2 is 1.95 bits per heavy atom. The summed E-state index contributed by atoms with van der Waals surface area (Å²) in [6, 6.07) is 13.5. The summed E-state index contributed by atoms with van der Waals surface area (Å²) in [5.74, 6) is 0.280. The van der Waals surface area contributed by atoms with Crippen molar-refractivity contribution in [2.45, 2.75) is 6.61 Å². The van der Waals surface area contributed by atoms with Crippen LogP contribution in [0.15, 0.2) is 53.0 Å². The summed E-state index contributed by atoms with van der Waals surface area (Å²) in [7, 11) is 0. The molecule has 2 aromatic carbocycles. The van der Waals surface area contributed by atoms with Crippen molar-refractivity contribution < 1.29 is 14.2 Å². The van der Waals surface area contributed by atoms with E-state index in [2.05, 4.69) is 20.9 Å². The van der Waals surface area contributed by atoms with Crippen LogP contribution in [0.3, 0.4) is 0 Å². The minimum absolute atomic E-state index is 0.189. The van der Waals surface area contributed by atoms with E-state index in [-0.39, 0.29) is 6.61 Å². The lowest BCUT2D eigenvalue weighted by molar-refractivity contribution is 0.275. The maximum Gasteiger partial charge on any atom is 0.227 e. The zero-order chi connectivity index (χ0) is 14.8. The maximum atomic E-state index is 13.3. The Labute approximate surface area is 129 Å². The summed E-state index contributed by atoms with van der Waals surface area (Å²) < 4.78 is 19.7. The summed E-state index contributed by atoms with van der Waals surface area (Å²) >= 11 is 3.32. The number of aromatic nitrogens is 1. The van der Waals surface area contributed by atoms with Gasteiger partial charge in [-0.3, -0.25) is 0 Å². The second kappa shape index (κ2) is 5.79. The zero-order valence-corrected chi connectivity index (χ0v) is 12.5. The molecule has 0 atom stereocenters. The highest BCUT2D eigenvalue weighted by atomic mass is 79.9. The molecule has 0 bridgehead atoms. The van der Waals surface area contributed by atoms with Crippen LogP contribution in [0.4, 0.5) is 4.39 Å². The largest absolute Gasteiger partial charge is 0.437 e. The SMILES string of the molecule is OCc1cc2ccccc2c(Oc2cc(F)ccc2Br)n1. The highest BCUT2D eigenvalue weighted by Gasteiger charge is 2.10. The Bertz CT molecular complexity index is 807. The first-order valence-corrected chi connectivity index (χ1v) is 7.09. The maximum absolute atomic E-state index is 13.3. The Morgan fingerprint density at radius 3 is 2.76 bits per heavy atom. The molecule has 0 fully saturated rings. The van der Waals surface area contributed by atoms with Gasteiger partial charge >= 0.3 is 0 Å². The average molecular weight is 348 g/mol. The Balaban J connectivity index is 2.13. The number of nitrogens with zero attached hydrogens (tertiary/aromatic N) is 1. The van der Waals surface area contributed by atoms with Crippen molar-refractivity contribution in [3.8, 4) is 11.6 Å². The molecular formula is C16H11BrFNO2. The zero-order valence-electron chi connectivity index (χ0n) is 10.9. The number of ether oxygens (including phenoxy) is 1. The molecule has 0 aliphatic carbocycles. The number of benzene rings is 2. The topological polar surface area (TPSA) is 42.4 Å². The van der Waals surface area contributed by atoms with Gasteiger partial charge in [-0.15, -0.1) is 0 Å². The summed E-state index contributed by atoms with van der Waals surface area (Å²) in [6.45, 7) is -0.189. The van der Waals surface area contributed by atoms with Crippen molar-refractivity contribution in [1.82, 2.24) is 4.98 Å². The van der Waals surface area contributed by atoms with E-state index in [0.29, 0.717) is 21.8 Å². The fraction of sp³-hybridized carbons (Fsp3) is 0.0625. The average Bonchev–Trinajstić information content (AvgIpc) is 2.50.